The fourth-order valence-corrected chi connectivity index (χ4v) is 1.70. The molecule has 1 aromatic carbocycles. The molecule has 2 rings (SSSR count). The minimum absolute atomic E-state index is 0.0599. The number of nitrogens with one attached hydrogen (secondary N) is 1. The number of carbonyl (C=O) groups excluding carboxylic acids is 1. The first kappa shape index (κ1) is 15.0. The average Bonchev–Trinajstić information content (AvgIpc) is 2.40. The van der Waals surface area contributed by atoms with Gasteiger partial charge in [-0.2, -0.15) is 13.2 Å². The molecule has 0 saturated carbocycles. The van der Waals surface area contributed by atoms with E-state index >= 15 is 0 Å². The smallest absolute Gasteiger partial charge is 0.382 e. The molecule has 9 heteroatoms. The molecular weight excluding hydrogens is 309 g/mol. The molecule has 1 aromatic heterocycles. The van der Waals surface area contributed by atoms with Crippen molar-refractivity contribution >= 4 is 29.0 Å². The Morgan fingerprint density at radius 3 is 2.48 bits per heavy atom. The SMILES string of the molecule is Nc1ccc(C(=O)Nc2ccc(Cl)c(C(F)(F)F)c2)nn1. The summed E-state index contributed by atoms with van der Waals surface area (Å²) in [6.07, 6.45) is -4.61. The van der Waals surface area contributed by atoms with Crippen LogP contribution in [0, 0.1) is 0 Å². The van der Waals surface area contributed by atoms with Gasteiger partial charge in [-0.25, -0.2) is 0 Å². The highest BCUT2D eigenvalue weighted by Gasteiger charge is 2.33. The van der Waals surface area contributed by atoms with E-state index in [2.05, 4.69) is 15.5 Å². The second kappa shape index (κ2) is 5.57. The molecule has 1 amide bonds. The van der Waals surface area contributed by atoms with Crippen molar-refractivity contribution in [3.63, 3.8) is 0 Å². The first-order chi connectivity index (χ1) is 9.77. The Hall–Kier alpha value is -2.35. The molecule has 0 fully saturated rings. The summed E-state index contributed by atoms with van der Waals surface area (Å²) >= 11 is 5.48. The molecule has 0 spiro atoms. The molecule has 0 aliphatic rings. The van der Waals surface area contributed by atoms with Crippen LogP contribution in [0.2, 0.25) is 5.02 Å². The average molecular weight is 317 g/mol. The van der Waals surface area contributed by atoms with Gasteiger partial charge in [0.05, 0.1) is 10.6 Å². The maximum atomic E-state index is 12.7. The molecule has 110 valence electrons. The predicted molar refractivity (Wildman–Crippen MR) is 70.9 cm³/mol. The van der Waals surface area contributed by atoms with E-state index in [0.717, 1.165) is 12.1 Å². The first-order valence-corrected chi connectivity index (χ1v) is 5.92. The van der Waals surface area contributed by atoms with Gasteiger partial charge in [-0.1, -0.05) is 11.6 Å². The third kappa shape index (κ3) is 3.60. The summed E-state index contributed by atoms with van der Waals surface area (Å²) in [5.74, 6) is -0.588. The monoisotopic (exact) mass is 316 g/mol. The van der Waals surface area contributed by atoms with Gasteiger partial charge in [0.2, 0.25) is 0 Å². The number of nitrogens with zero attached hydrogens (tertiary/aromatic N) is 2. The minimum Gasteiger partial charge on any atom is -0.382 e. The van der Waals surface area contributed by atoms with E-state index in [0.29, 0.717) is 0 Å². The zero-order valence-electron chi connectivity index (χ0n) is 10.3. The molecule has 3 N–H and O–H groups in total. The molecule has 0 aliphatic heterocycles. The van der Waals surface area contributed by atoms with Crippen LogP contribution in [0.25, 0.3) is 0 Å². The number of carbonyl (C=O) groups is 1. The van der Waals surface area contributed by atoms with Crippen LogP contribution in [-0.2, 0) is 6.18 Å². The lowest BCUT2D eigenvalue weighted by Crippen LogP contribution is -2.15. The molecule has 0 bridgehead atoms. The van der Waals surface area contributed by atoms with Gasteiger partial charge in [0.1, 0.15) is 5.82 Å². The Bertz CT molecular complexity index is 673. The number of hydrogen-bond donors (Lipinski definition) is 2. The van der Waals surface area contributed by atoms with Gasteiger partial charge in [-0.05, 0) is 30.3 Å². The fraction of sp³-hybridized carbons (Fsp3) is 0.0833. The number of benzene rings is 1. The number of aromatic nitrogens is 2. The van der Waals surface area contributed by atoms with Gasteiger partial charge >= 0.3 is 6.18 Å². The lowest BCUT2D eigenvalue weighted by atomic mass is 10.2. The third-order valence-electron chi connectivity index (χ3n) is 2.45. The van der Waals surface area contributed by atoms with Gasteiger partial charge in [-0.3, -0.25) is 4.79 Å². The van der Waals surface area contributed by atoms with E-state index in [-0.39, 0.29) is 17.2 Å². The highest BCUT2D eigenvalue weighted by atomic mass is 35.5. The van der Waals surface area contributed by atoms with Crippen molar-refractivity contribution in [1.82, 2.24) is 10.2 Å². The van der Waals surface area contributed by atoms with E-state index < -0.39 is 22.7 Å². The van der Waals surface area contributed by atoms with Crippen molar-refractivity contribution in [1.29, 1.82) is 0 Å². The summed E-state index contributed by atoms with van der Waals surface area (Å²) in [6.45, 7) is 0. The molecule has 0 aliphatic carbocycles. The second-order valence-electron chi connectivity index (χ2n) is 3.99. The Balaban J connectivity index is 2.24. The lowest BCUT2D eigenvalue weighted by molar-refractivity contribution is -0.137. The van der Waals surface area contributed by atoms with Crippen molar-refractivity contribution in [2.45, 2.75) is 6.18 Å². The van der Waals surface area contributed by atoms with Gasteiger partial charge in [0.25, 0.3) is 5.91 Å². The topological polar surface area (TPSA) is 80.9 Å². The Labute approximate surface area is 121 Å². The molecule has 0 atom stereocenters. The molecule has 0 radical (unpaired) electrons. The Morgan fingerprint density at radius 1 is 1.19 bits per heavy atom. The van der Waals surface area contributed by atoms with E-state index in [1.165, 1.54) is 18.2 Å². The summed E-state index contributed by atoms with van der Waals surface area (Å²) in [4.78, 5) is 11.8. The number of rotatable bonds is 2. The van der Waals surface area contributed by atoms with Crippen molar-refractivity contribution in [2.24, 2.45) is 0 Å². The summed E-state index contributed by atoms with van der Waals surface area (Å²) in [5, 5.41) is 8.83. The third-order valence-corrected chi connectivity index (χ3v) is 2.78. The van der Waals surface area contributed by atoms with E-state index in [9.17, 15) is 18.0 Å². The van der Waals surface area contributed by atoms with E-state index in [1.54, 1.807) is 0 Å². The van der Waals surface area contributed by atoms with Crippen molar-refractivity contribution in [2.75, 3.05) is 11.1 Å². The van der Waals surface area contributed by atoms with Crippen LogP contribution in [0.3, 0.4) is 0 Å². The number of anilines is 2. The van der Waals surface area contributed by atoms with Crippen LogP contribution in [-0.4, -0.2) is 16.1 Å². The fourth-order valence-electron chi connectivity index (χ4n) is 1.48. The number of halogens is 4. The summed E-state index contributed by atoms with van der Waals surface area (Å²) in [5.41, 5.74) is 4.15. The highest BCUT2D eigenvalue weighted by Crippen LogP contribution is 2.36. The lowest BCUT2D eigenvalue weighted by Gasteiger charge is -2.11. The second-order valence-corrected chi connectivity index (χ2v) is 4.40. The molecule has 0 unspecified atom stereocenters. The number of nitrogens with two attached hydrogens (primary N) is 1. The van der Waals surface area contributed by atoms with Crippen LogP contribution < -0.4 is 11.1 Å². The van der Waals surface area contributed by atoms with E-state index in [1.807, 2.05) is 0 Å². The zero-order valence-corrected chi connectivity index (χ0v) is 11.0. The van der Waals surface area contributed by atoms with Crippen LogP contribution in [0.5, 0.6) is 0 Å². The van der Waals surface area contributed by atoms with Crippen molar-refractivity contribution in [3.8, 4) is 0 Å². The van der Waals surface area contributed by atoms with Crippen LogP contribution in [0.4, 0.5) is 24.7 Å². The van der Waals surface area contributed by atoms with Crippen LogP contribution >= 0.6 is 11.6 Å². The summed E-state index contributed by atoms with van der Waals surface area (Å²) in [6, 6.07) is 5.70. The molecule has 2 aromatic rings. The van der Waals surface area contributed by atoms with Crippen molar-refractivity contribution < 1.29 is 18.0 Å². The first-order valence-electron chi connectivity index (χ1n) is 5.54. The molecule has 0 saturated heterocycles. The molecular formula is C12H8ClF3N4O. The van der Waals surface area contributed by atoms with Gasteiger partial charge in [0, 0.05) is 5.69 Å². The molecule has 1 heterocycles. The Kier molecular flexibility index (Phi) is 3.99. The van der Waals surface area contributed by atoms with Crippen molar-refractivity contribution in [3.05, 3.63) is 46.6 Å². The zero-order chi connectivity index (χ0) is 15.6. The standard InChI is InChI=1S/C12H8ClF3N4O/c13-8-2-1-6(5-7(8)12(14,15)16)18-11(21)9-3-4-10(17)20-19-9/h1-5H,(H2,17,20)(H,18,21). The number of amides is 1. The largest absolute Gasteiger partial charge is 0.417 e. The van der Waals surface area contributed by atoms with E-state index in [4.69, 9.17) is 17.3 Å². The quantitative estimate of drug-likeness (QED) is 0.892. The highest BCUT2D eigenvalue weighted by molar-refractivity contribution is 6.31. The van der Waals surface area contributed by atoms with Gasteiger partial charge in [0.15, 0.2) is 5.69 Å². The summed E-state index contributed by atoms with van der Waals surface area (Å²) < 4.78 is 38.1. The number of alkyl halides is 3. The molecule has 21 heavy (non-hydrogen) atoms. The summed E-state index contributed by atoms with van der Waals surface area (Å²) in [7, 11) is 0. The van der Waals surface area contributed by atoms with Crippen LogP contribution in [0.1, 0.15) is 16.1 Å². The van der Waals surface area contributed by atoms with Gasteiger partial charge < -0.3 is 11.1 Å². The normalized spacial score (nSPS) is 11.2. The predicted octanol–water partition coefficient (Wildman–Crippen LogP) is 2.98. The maximum Gasteiger partial charge on any atom is 0.417 e. The van der Waals surface area contributed by atoms with Crippen LogP contribution in [0.15, 0.2) is 30.3 Å². The molecule has 5 nitrogen and oxygen atoms in total. The maximum absolute atomic E-state index is 12.7. The van der Waals surface area contributed by atoms with Gasteiger partial charge in [-0.15, -0.1) is 10.2 Å². The minimum atomic E-state index is -4.61. The Morgan fingerprint density at radius 2 is 1.90 bits per heavy atom. The number of nitrogen functional groups attached to an aromatic ring is 1. The number of hydrogen-bond acceptors (Lipinski definition) is 4.